The van der Waals surface area contributed by atoms with Crippen molar-refractivity contribution in [1.29, 1.82) is 0 Å². The zero-order valence-corrected chi connectivity index (χ0v) is 18.0. The predicted molar refractivity (Wildman–Crippen MR) is 116 cm³/mol. The van der Waals surface area contributed by atoms with Crippen molar-refractivity contribution in [2.24, 2.45) is 5.92 Å². The van der Waals surface area contributed by atoms with Crippen LogP contribution in [0.1, 0.15) is 44.3 Å². The highest BCUT2D eigenvalue weighted by atomic mass is 35.5. The molecule has 0 spiro atoms. The zero-order chi connectivity index (χ0) is 18.6. The maximum atomic E-state index is 14.2. The van der Waals surface area contributed by atoms with Crippen molar-refractivity contribution in [2.45, 2.75) is 51.5 Å². The molecule has 1 amide bonds. The molecular weight excluding hydrogens is 416 g/mol. The molecule has 3 heterocycles. The van der Waals surface area contributed by atoms with E-state index in [2.05, 4.69) is 25.4 Å². The van der Waals surface area contributed by atoms with Gasteiger partial charge in [-0.3, -0.25) is 4.79 Å². The Morgan fingerprint density at radius 1 is 1.24 bits per heavy atom. The predicted octanol–water partition coefficient (Wildman–Crippen LogP) is 3.98. The summed E-state index contributed by atoms with van der Waals surface area (Å²) in [4.78, 5) is 12.3. The average Bonchev–Trinajstić information content (AvgIpc) is 3.27. The Kier molecular flexibility index (Phi) is 8.86. The SMILES string of the molecule is Cl.Cl.O=C(CCC1CCNC1)Nc1cc(-c2nnc3n2CCCCC3)ccc1F. The summed E-state index contributed by atoms with van der Waals surface area (Å²) in [5.74, 6) is 1.71. The molecule has 1 saturated heterocycles. The van der Waals surface area contributed by atoms with Crippen LogP contribution in [0.4, 0.5) is 10.1 Å². The van der Waals surface area contributed by atoms with E-state index in [0.29, 0.717) is 12.3 Å². The van der Waals surface area contributed by atoms with Gasteiger partial charge in [-0.2, -0.15) is 0 Å². The number of aromatic nitrogens is 3. The van der Waals surface area contributed by atoms with Gasteiger partial charge in [-0.05, 0) is 62.9 Å². The lowest BCUT2D eigenvalue weighted by Gasteiger charge is -2.11. The lowest BCUT2D eigenvalue weighted by Crippen LogP contribution is -2.15. The number of halogens is 3. The number of hydrogen-bond acceptors (Lipinski definition) is 4. The molecule has 0 bridgehead atoms. The molecule has 2 aliphatic rings. The summed E-state index contributed by atoms with van der Waals surface area (Å²) < 4.78 is 16.4. The maximum Gasteiger partial charge on any atom is 0.224 e. The molecule has 6 nitrogen and oxygen atoms in total. The highest BCUT2D eigenvalue weighted by Gasteiger charge is 2.19. The normalized spacial score (nSPS) is 18.2. The lowest BCUT2D eigenvalue weighted by atomic mass is 10.0. The van der Waals surface area contributed by atoms with E-state index in [1.54, 1.807) is 12.1 Å². The number of aryl methyl sites for hydroxylation is 1. The Labute approximate surface area is 182 Å². The molecule has 0 saturated carbocycles. The molecule has 0 radical (unpaired) electrons. The van der Waals surface area contributed by atoms with Gasteiger partial charge in [0.05, 0.1) is 5.69 Å². The van der Waals surface area contributed by atoms with Crippen molar-refractivity contribution in [1.82, 2.24) is 20.1 Å². The van der Waals surface area contributed by atoms with Crippen LogP contribution in [0.25, 0.3) is 11.4 Å². The molecule has 1 unspecified atom stereocenters. The largest absolute Gasteiger partial charge is 0.324 e. The Hall–Kier alpha value is -1.70. The first kappa shape index (κ1) is 23.6. The Morgan fingerprint density at radius 3 is 2.90 bits per heavy atom. The minimum absolute atomic E-state index is 0. The van der Waals surface area contributed by atoms with Gasteiger partial charge in [-0.15, -0.1) is 35.0 Å². The minimum atomic E-state index is -0.426. The highest BCUT2D eigenvalue weighted by molar-refractivity contribution is 5.91. The van der Waals surface area contributed by atoms with Gasteiger partial charge >= 0.3 is 0 Å². The van der Waals surface area contributed by atoms with Gasteiger partial charge in [0.2, 0.25) is 5.91 Å². The van der Waals surface area contributed by atoms with Gasteiger partial charge in [-0.1, -0.05) is 6.42 Å². The Morgan fingerprint density at radius 2 is 2.10 bits per heavy atom. The van der Waals surface area contributed by atoms with Crippen LogP contribution in [0.15, 0.2) is 18.2 Å². The van der Waals surface area contributed by atoms with Crippen molar-refractivity contribution in [3.63, 3.8) is 0 Å². The van der Waals surface area contributed by atoms with Crippen LogP contribution < -0.4 is 10.6 Å². The summed E-state index contributed by atoms with van der Waals surface area (Å²) >= 11 is 0. The molecule has 160 valence electrons. The average molecular weight is 444 g/mol. The fourth-order valence-corrected chi connectivity index (χ4v) is 3.97. The second-order valence-corrected chi connectivity index (χ2v) is 7.54. The minimum Gasteiger partial charge on any atom is -0.324 e. The summed E-state index contributed by atoms with van der Waals surface area (Å²) in [7, 11) is 0. The number of carbonyl (C=O) groups is 1. The van der Waals surface area contributed by atoms with E-state index in [9.17, 15) is 9.18 Å². The molecule has 2 N–H and O–H groups in total. The summed E-state index contributed by atoms with van der Waals surface area (Å²) in [6.07, 6.45) is 6.68. The number of benzene rings is 1. The first-order valence-corrected chi connectivity index (χ1v) is 9.93. The van der Waals surface area contributed by atoms with Crippen LogP contribution in [0.5, 0.6) is 0 Å². The molecule has 1 aromatic carbocycles. The lowest BCUT2D eigenvalue weighted by molar-refractivity contribution is -0.116. The zero-order valence-electron chi connectivity index (χ0n) is 16.3. The summed E-state index contributed by atoms with van der Waals surface area (Å²) in [5, 5.41) is 14.7. The third-order valence-corrected chi connectivity index (χ3v) is 5.55. The molecule has 1 fully saturated rings. The van der Waals surface area contributed by atoms with Crippen LogP contribution in [-0.4, -0.2) is 33.8 Å². The third kappa shape index (κ3) is 5.68. The van der Waals surface area contributed by atoms with Crippen LogP contribution in [0.2, 0.25) is 0 Å². The number of fused-ring (bicyclic) bond motifs is 1. The van der Waals surface area contributed by atoms with Gasteiger partial charge in [0.25, 0.3) is 0 Å². The molecule has 2 aromatic rings. The van der Waals surface area contributed by atoms with Gasteiger partial charge in [0, 0.05) is 24.9 Å². The van der Waals surface area contributed by atoms with Crippen molar-refractivity contribution >= 4 is 36.4 Å². The number of anilines is 1. The van der Waals surface area contributed by atoms with Crippen LogP contribution in [-0.2, 0) is 17.8 Å². The van der Waals surface area contributed by atoms with Gasteiger partial charge in [0.15, 0.2) is 5.82 Å². The van der Waals surface area contributed by atoms with Crippen LogP contribution in [0.3, 0.4) is 0 Å². The van der Waals surface area contributed by atoms with Crippen LogP contribution >= 0.6 is 24.8 Å². The molecular formula is C20H28Cl2FN5O. The first-order valence-electron chi connectivity index (χ1n) is 9.93. The molecule has 1 atom stereocenters. The number of nitrogens with zero attached hydrogens (tertiary/aromatic N) is 3. The molecule has 2 aliphatic heterocycles. The number of nitrogens with one attached hydrogen (secondary N) is 2. The Balaban J connectivity index is 0.00000150. The van der Waals surface area contributed by atoms with Crippen molar-refractivity contribution < 1.29 is 9.18 Å². The van der Waals surface area contributed by atoms with E-state index < -0.39 is 5.82 Å². The van der Waals surface area contributed by atoms with Gasteiger partial charge in [-0.25, -0.2) is 4.39 Å². The number of rotatable bonds is 5. The van der Waals surface area contributed by atoms with Crippen molar-refractivity contribution in [3.05, 3.63) is 29.8 Å². The standard InChI is InChI=1S/C20H26FN5O.2ClH/c21-16-7-6-15(20-25-24-18-4-2-1-3-11-26(18)20)12-17(16)23-19(27)8-5-14-9-10-22-13-14;;/h6-7,12,14,22H,1-5,8-11,13H2,(H,23,27);2*1H. The summed E-state index contributed by atoms with van der Waals surface area (Å²) in [6, 6.07) is 4.77. The quantitative estimate of drug-likeness (QED) is 0.732. The molecule has 0 aliphatic carbocycles. The van der Waals surface area contributed by atoms with E-state index in [1.807, 2.05) is 0 Å². The second kappa shape index (κ2) is 10.9. The third-order valence-electron chi connectivity index (χ3n) is 5.55. The van der Waals surface area contributed by atoms with E-state index in [0.717, 1.165) is 69.0 Å². The van der Waals surface area contributed by atoms with Gasteiger partial charge < -0.3 is 15.2 Å². The van der Waals surface area contributed by atoms with Gasteiger partial charge in [0.1, 0.15) is 11.6 Å². The molecule has 29 heavy (non-hydrogen) atoms. The monoisotopic (exact) mass is 443 g/mol. The topological polar surface area (TPSA) is 71.8 Å². The fourth-order valence-electron chi connectivity index (χ4n) is 3.97. The Bertz CT molecular complexity index is 823. The number of amides is 1. The number of hydrogen-bond donors (Lipinski definition) is 2. The van der Waals surface area contributed by atoms with Crippen molar-refractivity contribution in [3.8, 4) is 11.4 Å². The highest BCUT2D eigenvalue weighted by Crippen LogP contribution is 2.27. The maximum absolute atomic E-state index is 14.2. The molecule has 9 heteroatoms. The first-order chi connectivity index (χ1) is 13.2. The smallest absolute Gasteiger partial charge is 0.224 e. The summed E-state index contributed by atoms with van der Waals surface area (Å²) in [5.41, 5.74) is 1.00. The van der Waals surface area contributed by atoms with E-state index in [1.165, 1.54) is 12.5 Å². The number of carbonyl (C=O) groups excluding carboxylic acids is 1. The fraction of sp³-hybridized carbons (Fsp3) is 0.550. The molecule has 1 aromatic heterocycles. The second-order valence-electron chi connectivity index (χ2n) is 7.54. The van der Waals surface area contributed by atoms with Crippen LogP contribution in [0, 0.1) is 11.7 Å². The van der Waals surface area contributed by atoms with E-state index in [4.69, 9.17) is 0 Å². The van der Waals surface area contributed by atoms with E-state index in [-0.39, 0.29) is 36.4 Å². The summed E-state index contributed by atoms with van der Waals surface area (Å²) in [6.45, 7) is 2.87. The van der Waals surface area contributed by atoms with E-state index >= 15 is 0 Å². The van der Waals surface area contributed by atoms with Crippen molar-refractivity contribution in [2.75, 3.05) is 18.4 Å². The molecule has 4 rings (SSSR count).